The molecular weight excluding hydrogens is 182 g/mol. The molecular formula is C10H13NO3. The van der Waals surface area contributed by atoms with Crippen LogP contribution in [0.1, 0.15) is 5.56 Å². The van der Waals surface area contributed by atoms with E-state index in [1.807, 2.05) is 30.3 Å². The summed E-state index contributed by atoms with van der Waals surface area (Å²) in [4.78, 5) is 10.1. The summed E-state index contributed by atoms with van der Waals surface area (Å²) < 4.78 is 0. The number of carbonyl (C=O) groups is 1. The minimum Gasteiger partial charge on any atom is -0.465 e. The standard InChI is InChI=1S/C10H13NO3/c12-9(7-11-10(13)14)6-8-4-2-1-3-5-8/h1-5,9,11-12H,6-7H2,(H,13,14). The Hall–Kier alpha value is -1.55. The third kappa shape index (κ3) is 3.91. The van der Waals surface area contributed by atoms with Crippen molar-refractivity contribution in [3.05, 3.63) is 35.9 Å². The Morgan fingerprint density at radius 3 is 2.57 bits per heavy atom. The van der Waals surface area contributed by atoms with Crippen LogP contribution in [0.5, 0.6) is 0 Å². The number of amides is 1. The summed E-state index contributed by atoms with van der Waals surface area (Å²) in [7, 11) is 0. The van der Waals surface area contributed by atoms with Gasteiger partial charge in [-0.05, 0) is 5.56 Å². The number of benzene rings is 1. The normalized spacial score (nSPS) is 12.1. The molecule has 3 N–H and O–H groups in total. The molecule has 0 aliphatic carbocycles. The van der Waals surface area contributed by atoms with E-state index in [0.717, 1.165) is 5.56 Å². The summed E-state index contributed by atoms with van der Waals surface area (Å²) in [5, 5.41) is 19.9. The first kappa shape index (κ1) is 10.5. The Morgan fingerprint density at radius 1 is 1.36 bits per heavy atom. The van der Waals surface area contributed by atoms with Crippen molar-refractivity contribution in [1.29, 1.82) is 0 Å². The first-order valence-corrected chi connectivity index (χ1v) is 4.37. The van der Waals surface area contributed by atoms with Crippen LogP contribution in [0.2, 0.25) is 0 Å². The molecule has 0 spiro atoms. The van der Waals surface area contributed by atoms with Crippen molar-refractivity contribution in [2.24, 2.45) is 0 Å². The average Bonchev–Trinajstić information content (AvgIpc) is 2.16. The Labute approximate surface area is 82.2 Å². The summed E-state index contributed by atoms with van der Waals surface area (Å²) in [6.07, 6.45) is -1.33. The highest BCUT2D eigenvalue weighted by atomic mass is 16.4. The molecule has 1 amide bonds. The lowest BCUT2D eigenvalue weighted by molar-refractivity contribution is 0.157. The van der Waals surface area contributed by atoms with Crippen LogP contribution in [0, 0.1) is 0 Å². The molecule has 1 atom stereocenters. The van der Waals surface area contributed by atoms with Gasteiger partial charge >= 0.3 is 6.09 Å². The highest BCUT2D eigenvalue weighted by Gasteiger charge is 2.06. The lowest BCUT2D eigenvalue weighted by atomic mass is 10.1. The molecule has 0 aliphatic heterocycles. The first-order valence-electron chi connectivity index (χ1n) is 4.37. The Morgan fingerprint density at radius 2 is 2.00 bits per heavy atom. The van der Waals surface area contributed by atoms with Crippen LogP contribution in [0.3, 0.4) is 0 Å². The van der Waals surface area contributed by atoms with Crippen molar-refractivity contribution in [2.45, 2.75) is 12.5 Å². The molecule has 1 aromatic rings. The SMILES string of the molecule is O=C(O)NCC(O)Cc1ccccc1. The molecule has 1 unspecified atom stereocenters. The van der Waals surface area contributed by atoms with Crippen LogP contribution in [0.15, 0.2) is 30.3 Å². The summed E-state index contributed by atoms with van der Waals surface area (Å²) in [5.41, 5.74) is 0.993. The van der Waals surface area contributed by atoms with Gasteiger partial charge in [-0.25, -0.2) is 4.79 Å². The number of rotatable bonds is 4. The highest BCUT2D eigenvalue weighted by molar-refractivity contribution is 5.64. The second-order valence-electron chi connectivity index (χ2n) is 3.03. The van der Waals surface area contributed by atoms with Gasteiger partial charge in [-0.3, -0.25) is 0 Å². The number of carboxylic acid groups (broad SMARTS) is 1. The van der Waals surface area contributed by atoms with Gasteiger partial charge in [0.25, 0.3) is 0 Å². The Kier molecular flexibility index (Phi) is 3.94. The summed E-state index contributed by atoms with van der Waals surface area (Å²) in [6.45, 7) is 0.0597. The van der Waals surface area contributed by atoms with Gasteiger partial charge in [0.1, 0.15) is 0 Å². The number of aliphatic hydroxyl groups is 1. The molecule has 0 fully saturated rings. The molecule has 0 saturated heterocycles. The number of aliphatic hydroxyl groups excluding tert-OH is 1. The smallest absolute Gasteiger partial charge is 0.404 e. The van der Waals surface area contributed by atoms with E-state index in [1.54, 1.807) is 0 Å². The van der Waals surface area contributed by atoms with Crippen molar-refractivity contribution in [3.8, 4) is 0 Å². The lowest BCUT2D eigenvalue weighted by Gasteiger charge is -2.09. The average molecular weight is 195 g/mol. The van der Waals surface area contributed by atoms with Crippen molar-refractivity contribution in [2.75, 3.05) is 6.54 Å². The summed E-state index contributed by atoms with van der Waals surface area (Å²) in [6, 6.07) is 9.44. The van der Waals surface area contributed by atoms with Crippen LogP contribution < -0.4 is 5.32 Å². The van der Waals surface area contributed by atoms with Crippen molar-refractivity contribution in [3.63, 3.8) is 0 Å². The molecule has 0 aromatic heterocycles. The van der Waals surface area contributed by atoms with E-state index in [-0.39, 0.29) is 6.54 Å². The molecule has 4 nitrogen and oxygen atoms in total. The molecule has 0 bridgehead atoms. The van der Waals surface area contributed by atoms with E-state index >= 15 is 0 Å². The maximum absolute atomic E-state index is 10.1. The van der Waals surface area contributed by atoms with E-state index in [9.17, 15) is 9.90 Å². The molecule has 1 aromatic carbocycles. The van der Waals surface area contributed by atoms with Gasteiger partial charge in [-0.15, -0.1) is 0 Å². The van der Waals surface area contributed by atoms with E-state index < -0.39 is 12.2 Å². The van der Waals surface area contributed by atoms with Crippen molar-refractivity contribution < 1.29 is 15.0 Å². The number of hydrogen-bond donors (Lipinski definition) is 3. The molecule has 4 heteroatoms. The third-order valence-electron chi connectivity index (χ3n) is 1.80. The fourth-order valence-corrected chi connectivity index (χ4v) is 1.16. The topological polar surface area (TPSA) is 69.6 Å². The Balaban J connectivity index is 2.34. The second kappa shape index (κ2) is 5.24. The monoisotopic (exact) mass is 195 g/mol. The molecule has 76 valence electrons. The Bertz CT molecular complexity index is 287. The van der Waals surface area contributed by atoms with Gasteiger partial charge in [-0.2, -0.15) is 0 Å². The van der Waals surface area contributed by atoms with Crippen LogP contribution in [-0.4, -0.2) is 29.0 Å². The van der Waals surface area contributed by atoms with Crippen LogP contribution in [0.25, 0.3) is 0 Å². The lowest BCUT2D eigenvalue weighted by Crippen LogP contribution is -2.31. The molecule has 0 heterocycles. The maximum atomic E-state index is 10.1. The molecule has 1 rings (SSSR count). The van der Waals surface area contributed by atoms with Crippen LogP contribution in [-0.2, 0) is 6.42 Å². The highest BCUT2D eigenvalue weighted by Crippen LogP contribution is 2.02. The van der Waals surface area contributed by atoms with Crippen molar-refractivity contribution in [1.82, 2.24) is 5.32 Å². The number of nitrogens with one attached hydrogen (secondary N) is 1. The van der Waals surface area contributed by atoms with Crippen LogP contribution >= 0.6 is 0 Å². The predicted octanol–water partition coefficient (Wildman–Crippen LogP) is 0.858. The largest absolute Gasteiger partial charge is 0.465 e. The van der Waals surface area contributed by atoms with Crippen LogP contribution in [0.4, 0.5) is 4.79 Å². The zero-order valence-electron chi connectivity index (χ0n) is 7.68. The van der Waals surface area contributed by atoms with Gasteiger partial charge in [0.15, 0.2) is 0 Å². The minimum absolute atomic E-state index is 0.0597. The maximum Gasteiger partial charge on any atom is 0.404 e. The zero-order chi connectivity index (χ0) is 10.4. The summed E-state index contributed by atoms with van der Waals surface area (Å²) in [5.74, 6) is 0. The van der Waals surface area contributed by atoms with E-state index in [0.29, 0.717) is 6.42 Å². The summed E-state index contributed by atoms with van der Waals surface area (Å²) >= 11 is 0. The van der Waals surface area contributed by atoms with Gasteiger partial charge in [0.2, 0.25) is 0 Å². The zero-order valence-corrected chi connectivity index (χ0v) is 7.68. The van der Waals surface area contributed by atoms with Gasteiger partial charge < -0.3 is 15.5 Å². The van der Waals surface area contributed by atoms with E-state index in [2.05, 4.69) is 5.32 Å². The van der Waals surface area contributed by atoms with E-state index in [1.165, 1.54) is 0 Å². The van der Waals surface area contributed by atoms with Gasteiger partial charge in [0, 0.05) is 13.0 Å². The first-order chi connectivity index (χ1) is 6.68. The van der Waals surface area contributed by atoms with E-state index in [4.69, 9.17) is 5.11 Å². The second-order valence-corrected chi connectivity index (χ2v) is 3.03. The third-order valence-corrected chi connectivity index (χ3v) is 1.80. The molecule has 0 saturated carbocycles. The fraction of sp³-hybridized carbons (Fsp3) is 0.300. The van der Waals surface area contributed by atoms with Gasteiger partial charge in [-0.1, -0.05) is 30.3 Å². The quantitative estimate of drug-likeness (QED) is 0.667. The molecule has 14 heavy (non-hydrogen) atoms. The predicted molar refractivity (Wildman–Crippen MR) is 52.2 cm³/mol. The van der Waals surface area contributed by atoms with Crippen molar-refractivity contribution >= 4 is 6.09 Å². The minimum atomic E-state index is -1.11. The number of hydrogen-bond acceptors (Lipinski definition) is 2. The molecule has 0 aliphatic rings. The fourth-order valence-electron chi connectivity index (χ4n) is 1.16. The molecule has 0 radical (unpaired) electrons. The van der Waals surface area contributed by atoms with Gasteiger partial charge in [0.05, 0.1) is 6.10 Å².